The number of halogens is 1. The van der Waals surface area contributed by atoms with Crippen molar-refractivity contribution in [3.63, 3.8) is 0 Å². The molecule has 21 heavy (non-hydrogen) atoms. The van der Waals surface area contributed by atoms with Gasteiger partial charge in [-0.15, -0.1) is 0 Å². The van der Waals surface area contributed by atoms with Crippen molar-refractivity contribution in [3.05, 3.63) is 39.7 Å². The second-order valence-corrected chi connectivity index (χ2v) is 4.78. The Morgan fingerprint density at radius 1 is 1.43 bits per heavy atom. The highest BCUT2D eigenvalue weighted by Gasteiger charge is 2.19. The van der Waals surface area contributed by atoms with Crippen LogP contribution in [0.25, 0.3) is 0 Å². The van der Waals surface area contributed by atoms with Crippen LogP contribution in [0.4, 0.5) is 10.1 Å². The maximum Gasteiger partial charge on any atom is 0.304 e. The lowest BCUT2D eigenvalue weighted by Gasteiger charge is -2.20. The zero-order valence-corrected chi connectivity index (χ0v) is 12.0. The number of hydrogen-bond donors (Lipinski definition) is 2. The highest BCUT2D eigenvalue weighted by Crippen LogP contribution is 2.18. The van der Waals surface area contributed by atoms with E-state index in [1.54, 1.807) is 0 Å². The predicted molar refractivity (Wildman–Crippen MR) is 75.5 cm³/mol. The number of hydrogen-bond acceptors (Lipinski definition) is 4. The van der Waals surface area contributed by atoms with Crippen LogP contribution in [0.15, 0.2) is 18.2 Å². The van der Waals surface area contributed by atoms with Gasteiger partial charge >= 0.3 is 5.69 Å². The minimum absolute atomic E-state index is 0.0187. The van der Waals surface area contributed by atoms with Gasteiger partial charge < -0.3 is 10.4 Å². The molecular weight excluding hydrogens is 279 g/mol. The number of benzene rings is 1. The lowest BCUT2D eigenvalue weighted by molar-refractivity contribution is -0.387. The van der Waals surface area contributed by atoms with Crippen molar-refractivity contribution >= 4 is 11.6 Å². The molecule has 0 spiro atoms. The third kappa shape index (κ3) is 4.49. The van der Waals surface area contributed by atoms with Crippen LogP contribution in [0, 0.1) is 21.8 Å². The summed E-state index contributed by atoms with van der Waals surface area (Å²) < 4.78 is 13.4. The van der Waals surface area contributed by atoms with Crippen LogP contribution in [-0.4, -0.2) is 28.6 Å². The van der Waals surface area contributed by atoms with E-state index in [1.165, 1.54) is 6.07 Å². The van der Waals surface area contributed by atoms with Gasteiger partial charge in [-0.3, -0.25) is 14.9 Å². The quantitative estimate of drug-likeness (QED) is 0.596. The SMILES string of the molecule is CCC(CC)C(O)CNC(=O)c1ccc([N+](=O)[O-])c(F)c1. The second-order valence-electron chi connectivity index (χ2n) is 4.78. The molecule has 7 heteroatoms. The monoisotopic (exact) mass is 298 g/mol. The molecule has 0 radical (unpaired) electrons. The summed E-state index contributed by atoms with van der Waals surface area (Å²) in [7, 11) is 0. The maximum atomic E-state index is 13.4. The first-order valence-electron chi connectivity index (χ1n) is 6.80. The number of amides is 1. The van der Waals surface area contributed by atoms with Crippen LogP contribution < -0.4 is 5.32 Å². The number of nitro benzene ring substituents is 1. The molecule has 6 nitrogen and oxygen atoms in total. The Kier molecular flexibility index (Phi) is 6.23. The number of nitrogens with one attached hydrogen (secondary N) is 1. The molecule has 0 bridgehead atoms. The largest absolute Gasteiger partial charge is 0.391 e. The second kappa shape index (κ2) is 7.68. The van der Waals surface area contributed by atoms with Crippen molar-refractivity contribution in [2.45, 2.75) is 32.8 Å². The van der Waals surface area contributed by atoms with E-state index in [2.05, 4.69) is 5.32 Å². The molecule has 1 aromatic rings. The lowest BCUT2D eigenvalue weighted by Crippen LogP contribution is -2.36. The molecule has 1 amide bonds. The summed E-state index contributed by atoms with van der Waals surface area (Å²) in [5.41, 5.74) is -0.696. The van der Waals surface area contributed by atoms with Gasteiger partial charge in [0.05, 0.1) is 11.0 Å². The predicted octanol–water partition coefficient (Wildman–Crippen LogP) is 2.26. The van der Waals surface area contributed by atoms with Gasteiger partial charge in [-0.2, -0.15) is 4.39 Å². The molecule has 0 aliphatic carbocycles. The van der Waals surface area contributed by atoms with E-state index in [1.807, 2.05) is 13.8 Å². The Hall–Kier alpha value is -2.02. The first-order valence-corrected chi connectivity index (χ1v) is 6.80. The van der Waals surface area contributed by atoms with Gasteiger partial charge in [-0.05, 0) is 18.1 Å². The van der Waals surface area contributed by atoms with E-state index in [-0.39, 0.29) is 18.0 Å². The summed E-state index contributed by atoms with van der Waals surface area (Å²) in [4.78, 5) is 21.5. The van der Waals surface area contributed by atoms with Gasteiger partial charge in [0.15, 0.2) is 0 Å². The molecule has 0 aliphatic heterocycles. The molecule has 116 valence electrons. The van der Waals surface area contributed by atoms with Crippen LogP contribution >= 0.6 is 0 Å². The Morgan fingerprint density at radius 3 is 2.52 bits per heavy atom. The molecule has 1 rings (SSSR count). The van der Waals surface area contributed by atoms with E-state index in [0.29, 0.717) is 0 Å². The van der Waals surface area contributed by atoms with Crippen molar-refractivity contribution in [3.8, 4) is 0 Å². The molecule has 0 heterocycles. The minimum atomic E-state index is -1.06. The fourth-order valence-corrected chi connectivity index (χ4v) is 2.10. The summed E-state index contributed by atoms with van der Waals surface area (Å²) in [6.07, 6.45) is 0.909. The van der Waals surface area contributed by atoms with Gasteiger partial charge in [0.2, 0.25) is 5.82 Å². The van der Waals surface area contributed by atoms with Crippen molar-refractivity contribution < 1.29 is 19.2 Å². The third-order valence-corrected chi connectivity index (χ3v) is 3.47. The van der Waals surface area contributed by atoms with E-state index in [0.717, 1.165) is 25.0 Å². The molecule has 1 aromatic carbocycles. The number of nitrogens with zero attached hydrogens (tertiary/aromatic N) is 1. The van der Waals surface area contributed by atoms with Crippen LogP contribution in [0.2, 0.25) is 0 Å². The number of carbonyl (C=O) groups excluding carboxylic acids is 1. The highest BCUT2D eigenvalue weighted by atomic mass is 19.1. The standard InChI is InChI=1S/C14H19FN2O4/c1-3-9(4-2)13(18)8-16-14(19)10-5-6-12(17(20)21)11(15)7-10/h5-7,9,13,18H,3-4,8H2,1-2H3,(H,16,19). The molecule has 0 aliphatic rings. The fourth-order valence-electron chi connectivity index (χ4n) is 2.10. The average Bonchev–Trinajstić information content (AvgIpc) is 2.45. The van der Waals surface area contributed by atoms with Crippen LogP contribution in [0.1, 0.15) is 37.0 Å². The summed E-state index contributed by atoms with van der Waals surface area (Å²) in [6, 6.07) is 2.94. The summed E-state index contributed by atoms with van der Waals surface area (Å²) in [6.45, 7) is 3.96. The highest BCUT2D eigenvalue weighted by molar-refractivity contribution is 5.94. The first kappa shape index (κ1) is 17.0. The fraction of sp³-hybridized carbons (Fsp3) is 0.500. The summed E-state index contributed by atoms with van der Waals surface area (Å²) in [5, 5.41) is 22.9. The average molecular weight is 298 g/mol. The normalized spacial score (nSPS) is 12.2. The molecule has 1 unspecified atom stereocenters. The Morgan fingerprint density at radius 2 is 2.05 bits per heavy atom. The zero-order chi connectivity index (χ0) is 16.0. The Balaban J connectivity index is 2.68. The van der Waals surface area contributed by atoms with Crippen LogP contribution in [-0.2, 0) is 0 Å². The molecule has 0 saturated heterocycles. The van der Waals surface area contributed by atoms with Gasteiger partial charge in [0.1, 0.15) is 0 Å². The van der Waals surface area contributed by atoms with Gasteiger partial charge in [-0.1, -0.05) is 26.7 Å². The first-order chi connectivity index (χ1) is 9.90. The Labute approximate surface area is 122 Å². The molecular formula is C14H19FN2O4. The summed E-state index contributed by atoms with van der Waals surface area (Å²) in [5.74, 6) is -1.55. The van der Waals surface area contributed by atoms with E-state index in [4.69, 9.17) is 0 Å². The molecule has 0 aromatic heterocycles. The Bertz CT molecular complexity index is 518. The van der Waals surface area contributed by atoms with E-state index in [9.17, 15) is 24.4 Å². The zero-order valence-electron chi connectivity index (χ0n) is 12.0. The van der Waals surface area contributed by atoms with E-state index < -0.39 is 28.4 Å². The van der Waals surface area contributed by atoms with Gasteiger partial charge in [-0.25, -0.2) is 0 Å². The molecule has 0 fully saturated rings. The van der Waals surface area contributed by atoms with Crippen molar-refractivity contribution in [2.24, 2.45) is 5.92 Å². The number of aliphatic hydroxyl groups excluding tert-OH is 1. The van der Waals surface area contributed by atoms with Crippen molar-refractivity contribution in [1.82, 2.24) is 5.32 Å². The number of aliphatic hydroxyl groups is 1. The van der Waals surface area contributed by atoms with Gasteiger partial charge in [0, 0.05) is 18.2 Å². The number of carbonyl (C=O) groups is 1. The number of rotatable bonds is 7. The third-order valence-electron chi connectivity index (χ3n) is 3.47. The topological polar surface area (TPSA) is 92.5 Å². The van der Waals surface area contributed by atoms with Crippen molar-refractivity contribution in [1.29, 1.82) is 0 Å². The van der Waals surface area contributed by atoms with E-state index >= 15 is 0 Å². The molecule has 1 atom stereocenters. The van der Waals surface area contributed by atoms with Gasteiger partial charge in [0.25, 0.3) is 5.91 Å². The van der Waals surface area contributed by atoms with Crippen LogP contribution in [0.3, 0.4) is 0 Å². The molecule has 2 N–H and O–H groups in total. The maximum absolute atomic E-state index is 13.4. The molecule has 0 saturated carbocycles. The summed E-state index contributed by atoms with van der Waals surface area (Å²) >= 11 is 0. The van der Waals surface area contributed by atoms with Crippen molar-refractivity contribution in [2.75, 3.05) is 6.54 Å². The smallest absolute Gasteiger partial charge is 0.304 e. The number of nitro groups is 1. The minimum Gasteiger partial charge on any atom is -0.391 e. The van der Waals surface area contributed by atoms with Crippen LogP contribution in [0.5, 0.6) is 0 Å². The lowest BCUT2D eigenvalue weighted by atomic mass is 9.96.